The lowest BCUT2D eigenvalue weighted by Crippen LogP contribution is -2.04. The Kier molecular flexibility index (Phi) is 5.78. The first-order valence-corrected chi connectivity index (χ1v) is 7.24. The first-order valence-electron chi connectivity index (χ1n) is 7.24. The zero-order valence-corrected chi connectivity index (χ0v) is 13.4. The van der Waals surface area contributed by atoms with Crippen LogP contribution in [0.4, 0.5) is 0 Å². The summed E-state index contributed by atoms with van der Waals surface area (Å²) in [6.45, 7) is 0. The maximum Gasteiger partial charge on any atom is 0.309 e. The van der Waals surface area contributed by atoms with Crippen molar-refractivity contribution in [2.75, 3.05) is 14.2 Å². The number of carbonyl (C=O) groups excluding carboxylic acids is 2. The minimum atomic E-state index is -0.376. The molecule has 0 atom stereocenters. The number of phenolic OH excluding ortho intramolecular Hbond substituents is 1. The molecule has 0 saturated heterocycles. The SMILES string of the molecule is COC(=O)Cc1ccc(Oc2cc(CC(=O)OC)ccc2O)cc1. The number of aromatic hydroxyl groups is 1. The molecule has 0 saturated carbocycles. The van der Waals surface area contributed by atoms with E-state index in [2.05, 4.69) is 9.47 Å². The number of hydrogen-bond acceptors (Lipinski definition) is 6. The van der Waals surface area contributed by atoms with Gasteiger partial charge in [-0.15, -0.1) is 0 Å². The van der Waals surface area contributed by atoms with E-state index in [0.29, 0.717) is 11.3 Å². The number of carbonyl (C=O) groups is 2. The topological polar surface area (TPSA) is 82.1 Å². The quantitative estimate of drug-likeness (QED) is 0.820. The fourth-order valence-corrected chi connectivity index (χ4v) is 2.03. The van der Waals surface area contributed by atoms with Crippen molar-refractivity contribution in [3.05, 3.63) is 53.6 Å². The van der Waals surface area contributed by atoms with E-state index < -0.39 is 0 Å². The average molecular weight is 330 g/mol. The Morgan fingerprint density at radius 1 is 0.875 bits per heavy atom. The van der Waals surface area contributed by atoms with Gasteiger partial charge in [-0.3, -0.25) is 9.59 Å². The summed E-state index contributed by atoms with van der Waals surface area (Å²) in [4.78, 5) is 22.6. The highest BCUT2D eigenvalue weighted by Crippen LogP contribution is 2.31. The molecule has 24 heavy (non-hydrogen) atoms. The van der Waals surface area contributed by atoms with E-state index in [-0.39, 0.29) is 36.3 Å². The van der Waals surface area contributed by atoms with Gasteiger partial charge in [-0.25, -0.2) is 0 Å². The summed E-state index contributed by atoms with van der Waals surface area (Å²) in [6, 6.07) is 11.5. The molecule has 6 nitrogen and oxygen atoms in total. The van der Waals surface area contributed by atoms with E-state index in [4.69, 9.17) is 4.74 Å². The molecule has 0 aliphatic carbocycles. The number of rotatable bonds is 6. The van der Waals surface area contributed by atoms with Crippen molar-refractivity contribution in [3.8, 4) is 17.2 Å². The van der Waals surface area contributed by atoms with Crippen LogP contribution in [-0.4, -0.2) is 31.3 Å². The molecule has 0 aliphatic heterocycles. The van der Waals surface area contributed by atoms with Crippen LogP contribution in [0, 0.1) is 0 Å². The Hall–Kier alpha value is -3.02. The van der Waals surface area contributed by atoms with Crippen LogP contribution in [0.5, 0.6) is 17.2 Å². The van der Waals surface area contributed by atoms with Gasteiger partial charge in [-0.1, -0.05) is 18.2 Å². The second-order valence-electron chi connectivity index (χ2n) is 5.05. The van der Waals surface area contributed by atoms with Crippen LogP contribution < -0.4 is 4.74 Å². The van der Waals surface area contributed by atoms with E-state index >= 15 is 0 Å². The molecule has 0 fully saturated rings. The Labute approximate surface area is 139 Å². The Bertz CT molecular complexity index is 721. The minimum Gasteiger partial charge on any atom is -0.504 e. The smallest absolute Gasteiger partial charge is 0.309 e. The van der Waals surface area contributed by atoms with Gasteiger partial charge in [-0.05, 0) is 35.4 Å². The molecular weight excluding hydrogens is 312 g/mol. The standard InChI is InChI=1S/C18H18O6/c1-22-17(20)10-12-3-6-14(7-4-12)24-16-9-13(5-8-15(16)19)11-18(21)23-2/h3-9,19H,10-11H2,1-2H3. The van der Waals surface area contributed by atoms with Gasteiger partial charge in [0.05, 0.1) is 27.1 Å². The van der Waals surface area contributed by atoms with Crippen LogP contribution in [-0.2, 0) is 31.9 Å². The lowest BCUT2D eigenvalue weighted by molar-refractivity contribution is -0.140. The van der Waals surface area contributed by atoms with Gasteiger partial charge in [0.2, 0.25) is 0 Å². The van der Waals surface area contributed by atoms with Crippen molar-refractivity contribution in [1.29, 1.82) is 0 Å². The average Bonchev–Trinajstić information content (AvgIpc) is 2.59. The van der Waals surface area contributed by atoms with E-state index in [0.717, 1.165) is 5.56 Å². The summed E-state index contributed by atoms with van der Waals surface area (Å²) in [5.74, 6) is -0.0101. The minimum absolute atomic E-state index is 0.0396. The predicted octanol–water partition coefficient (Wildman–Crippen LogP) is 2.62. The van der Waals surface area contributed by atoms with Crippen molar-refractivity contribution in [1.82, 2.24) is 0 Å². The van der Waals surface area contributed by atoms with Crippen LogP contribution in [0.25, 0.3) is 0 Å². The second-order valence-corrected chi connectivity index (χ2v) is 5.05. The molecule has 0 spiro atoms. The Morgan fingerprint density at radius 2 is 1.42 bits per heavy atom. The highest BCUT2D eigenvalue weighted by atomic mass is 16.5. The third-order valence-corrected chi connectivity index (χ3v) is 3.33. The number of ether oxygens (including phenoxy) is 3. The lowest BCUT2D eigenvalue weighted by Gasteiger charge is -2.10. The van der Waals surface area contributed by atoms with Crippen molar-refractivity contribution < 1.29 is 28.9 Å². The molecule has 2 rings (SSSR count). The van der Waals surface area contributed by atoms with Gasteiger partial charge >= 0.3 is 11.9 Å². The molecule has 6 heteroatoms. The zero-order chi connectivity index (χ0) is 17.5. The summed E-state index contributed by atoms with van der Waals surface area (Å²) in [5, 5.41) is 9.89. The summed E-state index contributed by atoms with van der Waals surface area (Å²) < 4.78 is 14.9. The highest BCUT2D eigenvalue weighted by molar-refractivity contribution is 5.73. The summed E-state index contributed by atoms with van der Waals surface area (Å²) >= 11 is 0. The van der Waals surface area contributed by atoms with E-state index in [1.54, 1.807) is 36.4 Å². The van der Waals surface area contributed by atoms with Crippen LogP contribution in [0.3, 0.4) is 0 Å². The molecule has 2 aromatic rings. The molecular formula is C18H18O6. The van der Waals surface area contributed by atoms with Crippen LogP contribution >= 0.6 is 0 Å². The molecule has 0 aromatic heterocycles. The van der Waals surface area contributed by atoms with Gasteiger partial charge in [0, 0.05) is 0 Å². The molecule has 1 N–H and O–H groups in total. The monoisotopic (exact) mass is 330 g/mol. The van der Waals surface area contributed by atoms with E-state index in [9.17, 15) is 14.7 Å². The van der Waals surface area contributed by atoms with Gasteiger partial charge in [0.25, 0.3) is 0 Å². The number of phenols is 1. The van der Waals surface area contributed by atoms with E-state index in [1.165, 1.54) is 20.3 Å². The molecule has 0 radical (unpaired) electrons. The Balaban J connectivity index is 2.11. The number of hydrogen-bond donors (Lipinski definition) is 1. The van der Waals surface area contributed by atoms with Gasteiger partial charge in [-0.2, -0.15) is 0 Å². The lowest BCUT2D eigenvalue weighted by atomic mass is 10.1. The van der Waals surface area contributed by atoms with Crippen molar-refractivity contribution >= 4 is 11.9 Å². The molecule has 2 aromatic carbocycles. The third kappa shape index (κ3) is 4.74. The molecule has 0 bridgehead atoms. The fourth-order valence-electron chi connectivity index (χ4n) is 2.03. The highest BCUT2D eigenvalue weighted by Gasteiger charge is 2.09. The molecule has 126 valence electrons. The van der Waals surface area contributed by atoms with Crippen LogP contribution in [0.1, 0.15) is 11.1 Å². The van der Waals surface area contributed by atoms with Crippen molar-refractivity contribution in [2.24, 2.45) is 0 Å². The molecule has 0 amide bonds. The molecule has 0 unspecified atom stereocenters. The number of benzene rings is 2. The Morgan fingerprint density at radius 3 is 2.00 bits per heavy atom. The number of methoxy groups -OCH3 is 2. The second kappa shape index (κ2) is 8.01. The molecule has 0 aliphatic rings. The maximum absolute atomic E-state index is 11.3. The number of esters is 2. The van der Waals surface area contributed by atoms with Gasteiger partial charge < -0.3 is 19.3 Å². The van der Waals surface area contributed by atoms with E-state index in [1.807, 2.05) is 0 Å². The summed E-state index contributed by atoms with van der Waals surface area (Å²) in [6.07, 6.45) is 0.266. The summed E-state index contributed by atoms with van der Waals surface area (Å²) in [5.41, 5.74) is 1.45. The van der Waals surface area contributed by atoms with Crippen LogP contribution in [0.15, 0.2) is 42.5 Å². The fraction of sp³-hybridized carbons (Fsp3) is 0.222. The van der Waals surface area contributed by atoms with Crippen molar-refractivity contribution in [2.45, 2.75) is 12.8 Å². The predicted molar refractivity (Wildman–Crippen MR) is 86.1 cm³/mol. The van der Waals surface area contributed by atoms with Crippen LogP contribution in [0.2, 0.25) is 0 Å². The summed E-state index contributed by atoms with van der Waals surface area (Å²) in [7, 11) is 2.65. The first-order chi connectivity index (χ1) is 11.5. The zero-order valence-electron chi connectivity index (χ0n) is 13.4. The normalized spacial score (nSPS) is 10.1. The van der Waals surface area contributed by atoms with Gasteiger partial charge in [0.15, 0.2) is 11.5 Å². The van der Waals surface area contributed by atoms with Gasteiger partial charge in [0.1, 0.15) is 5.75 Å². The largest absolute Gasteiger partial charge is 0.504 e. The third-order valence-electron chi connectivity index (χ3n) is 3.33. The molecule has 0 heterocycles. The first kappa shape index (κ1) is 17.3. The maximum atomic E-state index is 11.3. The van der Waals surface area contributed by atoms with Crippen molar-refractivity contribution in [3.63, 3.8) is 0 Å².